The Morgan fingerprint density at radius 2 is 2.25 bits per heavy atom. The molecule has 0 fully saturated rings. The summed E-state index contributed by atoms with van der Waals surface area (Å²) in [5.41, 5.74) is 2.36. The van der Waals surface area contributed by atoms with Crippen molar-refractivity contribution in [2.24, 2.45) is 0 Å². The number of rotatable bonds is 6. The van der Waals surface area contributed by atoms with Crippen molar-refractivity contribution in [1.29, 1.82) is 0 Å². The van der Waals surface area contributed by atoms with Crippen molar-refractivity contribution in [2.45, 2.75) is 44.7 Å². The fourth-order valence-electron chi connectivity index (χ4n) is 1.47. The van der Waals surface area contributed by atoms with Crippen LogP contribution in [0.25, 0.3) is 0 Å². The van der Waals surface area contributed by atoms with Gasteiger partial charge >= 0.3 is 0 Å². The van der Waals surface area contributed by atoms with E-state index in [4.69, 9.17) is 11.6 Å². The van der Waals surface area contributed by atoms with E-state index in [9.17, 15) is 0 Å². The monoisotopic (exact) mass is 324 g/mol. The normalized spacial score (nSPS) is 13.1. The van der Waals surface area contributed by atoms with Gasteiger partial charge in [-0.1, -0.05) is 6.92 Å². The number of aryl methyl sites for hydroxylation is 2. The number of alkyl halides is 1. The molecule has 0 aromatic carbocycles. The lowest BCUT2D eigenvalue weighted by Gasteiger charge is -2.10. The zero-order valence-corrected chi connectivity index (χ0v) is 13.1. The van der Waals surface area contributed by atoms with Crippen LogP contribution >= 0.6 is 39.3 Å². The fourth-order valence-corrected chi connectivity index (χ4v) is 3.55. The molecule has 0 bridgehead atoms. The van der Waals surface area contributed by atoms with Crippen molar-refractivity contribution in [3.8, 4) is 0 Å². The molecule has 1 aromatic rings. The van der Waals surface area contributed by atoms with Crippen molar-refractivity contribution >= 4 is 39.3 Å². The van der Waals surface area contributed by atoms with Gasteiger partial charge in [0.25, 0.3) is 0 Å². The molecule has 0 amide bonds. The maximum atomic E-state index is 5.73. The third-order valence-corrected chi connectivity index (χ3v) is 4.97. The molecule has 5 heteroatoms. The van der Waals surface area contributed by atoms with Crippen molar-refractivity contribution in [3.05, 3.63) is 15.9 Å². The first kappa shape index (κ1) is 14.4. The third kappa shape index (κ3) is 3.67. The average Bonchev–Trinajstić information content (AvgIpc) is 2.53. The van der Waals surface area contributed by atoms with Gasteiger partial charge in [-0.05, 0) is 36.2 Å². The summed E-state index contributed by atoms with van der Waals surface area (Å²) in [5.74, 6) is 1.73. The fraction of sp³-hybridized carbons (Fsp3) is 0.727. The average molecular weight is 326 g/mol. The maximum absolute atomic E-state index is 5.73. The minimum absolute atomic E-state index is 0.602. The third-order valence-electron chi connectivity index (χ3n) is 2.47. The molecule has 0 radical (unpaired) electrons. The van der Waals surface area contributed by atoms with Crippen LogP contribution in [0, 0.1) is 6.92 Å². The molecule has 2 nitrogen and oxygen atoms in total. The molecule has 1 atom stereocenters. The Kier molecular flexibility index (Phi) is 6.22. The Labute approximate surface area is 115 Å². The Morgan fingerprint density at radius 1 is 1.56 bits per heavy atom. The highest BCUT2D eigenvalue weighted by Crippen LogP contribution is 2.27. The second-order valence-corrected chi connectivity index (χ2v) is 6.36. The van der Waals surface area contributed by atoms with Crippen LogP contribution in [0.4, 0.5) is 0 Å². The van der Waals surface area contributed by atoms with E-state index < -0.39 is 0 Å². The minimum Gasteiger partial charge on any atom is -0.268 e. The number of halogens is 2. The molecule has 0 aliphatic heterocycles. The van der Waals surface area contributed by atoms with Crippen LogP contribution in [-0.2, 0) is 12.3 Å². The van der Waals surface area contributed by atoms with Crippen LogP contribution in [0.1, 0.15) is 31.7 Å². The lowest BCUT2D eigenvalue weighted by molar-refractivity contribution is 0.631. The van der Waals surface area contributed by atoms with E-state index >= 15 is 0 Å². The van der Waals surface area contributed by atoms with E-state index in [-0.39, 0.29) is 0 Å². The van der Waals surface area contributed by atoms with Crippen LogP contribution in [0.15, 0.2) is 4.47 Å². The number of nitrogens with zero attached hydrogens (tertiary/aromatic N) is 2. The number of aromatic nitrogens is 2. The lowest BCUT2D eigenvalue weighted by atomic mass is 10.4. The van der Waals surface area contributed by atoms with Crippen molar-refractivity contribution in [2.75, 3.05) is 5.88 Å². The highest BCUT2D eigenvalue weighted by Gasteiger charge is 2.13. The largest absolute Gasteiger partial charge is 0.268 e. The van der Waals surface area contributed by atoms with Crippen LogP contribution in [0.3, 0.4) is 0 Å². The van der Waals surface area contributed by atoms with Crippen LogP contribution in [0.2, 0.25) is 0 Å². The Balaban J connectivity index is 2.65. The highest BCUT2D eigenvalue weighted by molar-refractivity contribution is 9.10. The van der Waals surface area contributed by atoms with Gasteiger partial charge in [0, 0.05) is 23.4 Å². The Bertz CT molecular complexity index is 341. The SMILES string of the molecule is CCn1nc(C)c(Br)c1CSC(C)CCCl. The van der Waals surface area contributed by atoms with Gasteiger partial charge in [0.15, 0.2) is 0 Å². The van der Waals surface area contributed by atoms with Crippen LogP contribution in [-0.4, -0.2) is 20.9 Å². The number of thioether (sulfide) groups is 1. The molecular formula is C11H18BrClN2S. The van der Waals surface area contributed by atoms with E-state index in [1.54, 1.807) is 0 Å². The van der Waals surface area contributed by atoms with Crippen molar-refractivity contribution < 1.29 is 0 Å². The summed E-state index contributed by atoms with van der Waals surface area (Å²) >= 11 is 11.3. The zero-order valence-electron chi connectivity index (χ0n) is 9.96. The van der Waals surface area contributed by atoms with Gasteiger partial charge in [-0.2, -0.15) is 16.9 Å². The molecule has 92 valence electrons. The first-order valence-electron chi connectivity index (χ1n) is 5.49. The van der Waals surface area contributed by atoms with Crippen molar-refractivity contribution in [3.63, 3.8) is 0 Å². The molecular weight excluding hydrogens is 308 g/mol. The molecule has 0 aliphatic rings. The number of hydrogen-bond donors (Lipinski definition) is 0. The summed E-state index contributed by atoms with van der Waals surface area (Å²) in [6.45, 7) is 7.30. The van der Waals surface area contributed by atoms with Gasteiger partial charge in [0.2, 0.25) is 0 Å². The summed E-state index contributed by atoms with van der Waals surface area (Å²) in [4.78, 5) is 0. The molecule has 0 saturated carbocycles. The molecule has 1 heterocycles. The van der Waals surface area contributed by atoms with E-state index in [1.165, 1.54) is 5.69 Å². The van der Waals surface area contributed by atoms with E-state index in [0.29, 0.717) is 5.25 Å². The van der Waals surface area contributed by atoms with Crippen LogP contribution < -0.4 is 0 Å². The Hall–Kier alpha value is 0.330. The molecule has 0 aliphatic carbocycles. The summed E-state index contributed by atoms with van der Waals surface area (Å²) in [6, 6.07) is 0. The van der Waals surface area contributed by atoms with Gasteiger partial charge in [0.1, 0.15) is 0 Å². The molecule has 1 aromatic heterocycles. The Morgan fingerprint density at radius 3 is 2.81 bits per heavy atom. The standard InChI is InChI=1S/C11H18BrClN2S/c1-4-15-10(11(12)9(3)14-15)7-16-8(2)5-6-13/h8H,4-7H2,1-3H3. The molecule has 1 unspecified atom stereocenters. The summed E-state index contributed by atoms with van der Waals surface area (Å²) in [6.07, 6.45) is 1.06. The molecule has 16 heavy (non-hydrogen) atoms. The maximum Gasteiger partial charge on any atom is 0.0739 e. The van der Waals surface area contributed by atoms with Gasteiger partial charge < -0.3 is 0 Å². The highest BCUT2D eigenvalue weighted by atomic mass is 79.9. The van der Waals surface area contributed by atoms with Crippen molar-refractivity contribution in [1.82, 2.24) is 9.78 Å². The second kappa shape index (κ2) is 6.92. The van der Waals surface area contributed by atoms with E-state index in [1.807, 2.05) is 18.7 Å². The van der Waals surface area contributed by atoms with Gasteiger partial charge in [-0.15, -0.1) is 11.6 Å². The molecule has 0 N–H and O–H groups in total. The first-order valence-corrected chi connectivity index (χ1v) is 7.87. The molecule has 0 spiro atoms. The van der Waals surface area contributed by atoms with Gasteiger partial charge in [-0.3, -0.25) is 4.68 Å². The predicted molar refractivity (Wildman–Crippen MR) is 76.4 cm³/mol. The quantitative estimate of drug-likeness (QED) is 0.729. The molecule has 1 rings (SSSR count). The first-order chi connectivity index (χ1) is 7.60. The summed E-state index contributed by atoms with van der Waals surface area (Å²) in [5, 5.41) is 5.08. The lowest BCUT2D eigenvalue weighted by Crippen LogP contribution is -2.04. The smallest absolute Gasteiger partial charge is 0.0739 e. The van der Waals surface area contributed by atoms with E-state index in [2.05, 4.69) is 39.6 Å². The van der Waals surface area contributed by atoms with Crippen LogP contribution in [0.5, 0.6) is 0 Å². The van der Waals surface area contributed by atoms with E-state index in [0.717, 1.165) is 34.8 Å². The summed E-state index contributed by atoms with van der Waals surface area (Å²) in [7, 11) is 0. The second-order valence-electron chi connectivity index (χ2n) is 3.76. The van der Waals surface area contributed by atoms with Gasteiger partial charge in [-0.25, -0.2) is 0 Å². The molecule has 0 saturated heterocycles. The summed E-state index contributed by atoms with van der Waals surface area (Å²) < 4.78 is 3.22. The predicted octanol–water partition coefficient (Wildman–Crippen LogP) is 4.22. The number of hydrogen-bond acceptors (Lipinski definition) is 2. The van der Waals surface area contributed by atoms with Gasteiger partial charge in [0.05, 0.1) is 15.9 Å². The minimum atomic E-state index is 0.602. The zero-order chi connectivity index (χ0) is 12.1. The topological polar surface area (TPSA) is 17.8 Å².